The van der Waals surface area contributed by atoms with E-state index in [0.29, 0.717) is 0 Å². The van der Waals surface area contributed by atoms with Crippen LogP contribution in [0.2, 0.25) is 0 Å². The van der Waals surface area contributed by atoms with E-state index in [9.17, 15) is 0 Å². The third-order valence-electron chi connectivity index (χ3n) is 1.90. The summed E-state index contributed by atoms with van der Waals surface area (Å²) in [7, 11) is 0. The van der Waals surface area contributed by atoms with Crippen molar-refractivity contribution in [2.75, 3.05) is 12.3 Å². The molecule has 0 aliphatic heterocycles. The van der Waals surface area contributed by atoms with Gasteiger partial charge < -0.3 is 9.73 Å². The second kappa shape index (κ2) is 6.00. The Morgan fingerprint density at radius 1 is 1.33 bits per heavy atom. The smallest absolute Gasteiger partial charge is 0.117 e. The predicted octanol–water partition coefficient (Wildman–Crippen LogP) is 3.22. The van der Waals surface area contributed by atoms with Crippen LogP contribution in [0, 0.1) is 0 Å². The van der Waals surface area contributed by atoms with Gasteiger partial charge in [0.25, 0.3) is 0 Å². The minimum absolute atomic E-state index is 0.817. The predicted molar refractivity (Wildman–Crippen MR) is 65.5 cm³/mol. The van der Waals surface area contributed by atoms with Gasteiger partial charge >= 0.3 is 0 Å². The molecule has 2 aromatic rings. The molecular weight excluding hydrogens is 226 g/mol. The molecule has 0 amide bonds. The van der Waals surface area contributed by atoms with Gasteiger partial charge in [0.05, 0.1) is 17.0 Å². The van der Waals surface area contributed by atoms with Crippen LogP contribution >= 0.6 is 23.1 Å². The van der Waals surface area contributed by atoms with E-state index in [2.05, 4.69) is 22.8 Å². The highest BCUT2D eigenvalue weighted by atomic mass is 32.2. The number of hydrogen-bond donors (Lipinski definition) is 1. The van der Waals surface area contributed by atoms with Gasteiger partial charge in [0.2, 0.25) is 0 Å². The largest absolute Gasteiger partial charge is 0.468 e. The first-order chi connectivity index (χ1) is 7.45. The van der Waals surface area contributed by atoms with E-state index < -0.39 is 0 Å². The summed E-state index contributed by atoms with van der Waals surface area (Å²) >= 11 is 3.69. The van der Waals surface area contributed by atoms with E-state index in [0.717, 1.165) is 24.6 Å². The first-order valence-corrected chi connectivity index (χ1v) is 6.71. The van der Waals surface area contributed by atoms with E-state index in [1.165, 1.54) is 4.21 Å². The van der Waals surface area contributed by atoms with E-state index in [1.54, 1.807) is 17.6 Å². The zero-order valence-electron chi connectivity index (χ0n) is 8.31. The van der Waals surface area contributed by atoms with Gasteiger partial charge in [-0.25, -0.2) is 0 Å². The normalized spacial score (nSPS) is 10.7. The summed E-state index contributed by atoms with van der Waals surface area (Å²) in [6.45, 7) is 1.82. The van der Waals surface area contributed by atoms with Crippen LogP contribution in [-0.2, 0) is 6.54 Å². The average Bonchev–Trinajstić information content (AvgIpc) is 2.88. The maximum atomic E-state index is 5.22. The van der Waals surface area contributed by atoms with Gasteiger partial charge in [-0.2, -0.15) is 0 Å². The maximum absolute atomic E-state index is 5.22. The first-order valence-electron chi connectivity index (χ1n) is 4.84. The van der Waals surface area contributed by atoms with Crippen molar-refractivity contribution in [3.63, 3.8) is 0 Å². The highest BCUT2D eigenvalue weighted by molar-refractivity contribution is 8.01. The molecule has 0 aliphatic rings. The fourth-order valence-corrected chi connectivity index (χ4v) is 2.95. The highest BCUT2D eigenvalue weighted by Crippen LogP contribution is 2.22. The number of furan rings is 1. The van der Waals surface area contributed by atoms with Crippen LogP contribution in [0.4, 0.5) is 0 Å². The second-order valence-corrected chi connectivity index (χ2v) is 5.38. The Balaban J connectivity index is 1.56. The summed E-state index contributed by atoms with van der Waals surface area (Å²) in [5.74, 6) is 2.09. The molecule has 0 fully saturated rings. The van der Waals surface area contributed by atoms with Gasteiger partial charge in [-0.15, -0.1) is 23.1 Å². The molecule has 0 aliphatic carbocycles. The Bertz CT molecular complexity index is 320. The number of rotatable bonds is 6. The molecule has 0 unspecified atom stereocenters. The Morgan fingerprint density at radius 2 is 2.33 bits per heavy atom. The van der Waals surface area contributed by atoms with Gasteiger partial charge in [-0.05, 0) is 23.6 Å². The molecule has 0 atom stereocenters. The van der Waals surface area contributed by atoms with Gasteiger partial charge in [0.15, 0.2) is 0 Å². The average molecular weight is 239 g/mol. The van der Waals surface area contributed by atoms with Crippen LogP contribution in [0.5, 0.6) is 0 Å². The summed E-state index contributed by atoms with van der Waals surface area (Å²) in [5, 5.41) is 5.45. The SMILES string of the molecule is c1coc(CNCCSc2cccs2)c1. The summed E-state index contributed by atoms with van der Waals surface area (Å²) in [4.78, 5) is 0. The van der Waals surface area contributed by atoms with Crippen molar-refractivity contribution < 1.29 is 4.42 Å². The van der Waals surface area contributed by atoms with E-state index in [1.807, 2.05) is 23.9 Å². The van der Waals surface area contributed by atoms with E-state index in [-0.39, 0.29) is 0 Å². The molecule has 2 aromatic heterocycles. The van der Waals surface area contributed by atoms with Crippen LogP contribution in [0.1, 0.15) is 5.76 Å². The van der Waals surface area contributed by atoms with E-state index in [4.69, 9.17) is 4.42 Å². The van der Waals surface area contributed by atoms with Crippen molar-refractivity contribution >= 4 is 23.1 Å². The van der Waals surface area contributed by atoms with Crippen molar-refractivity contribution in [2.45, 2.75) is 10.8 Å². The minimum Gasteiger partial charge on any atom is -0.468 e. The van der Waals surface area contributed by atoms with Crippen molar-refractivity contribution in [2.24, 2.45) is 0 Å². The Morgan fingerprint density at radius 3 is 3.07 bits per heavy atom. The van der Waals surface area contributed by atoms with Crippen LogP contribution in [0.3, 0.4) is 0 Å². The van der Waals surface area contributed by atoms with Crippen molar-refractivity contribution in [3.8, 4) is 0 Å². The molecule has 0 saturated carbocycles. The lowest BCUT2D eigenvalue weighted by atomic mass is 10.4. The van der Waals surface area contributed by atoms with Crippen LogP contribution in [0.25, 0.3) is 0 Å². The first kappa shape index (κ1) is 10.8. The molecule has 0 bridgehead atoms. The second-order valence-electron chi connectivity index (χ2n) is 3.04. The third-order valence-corrected chi connectivity index (χ3v) is 4.03. The molecular formula is C11H13NOS2. The quantitative estimate of drug-likeness (QED) is 0.619. The Hall–Kier alpha value is -0.710. The monoisotopic (exact) mass is 239 g/mol. The summed E-state index contributed by atoms with van der Waals surface area (Å²) in [6.07, 6.45) is 1.71. The fraction of sp³-hybridized carbons (Fsp3) is 0.273. The molecule has 0 aromatic carbocycles. The molecule has 80 valence electrons. The fourth-order valence-electron chi connectivity index (χ4n) is 1.19. The van der Waals surface area contributed by atoms with Crippen LogP contribution in [-0.4, -0.2) is 12.3 Å². The van der Waals surface area contributed by atoms with Crippen molar-refractivity contribution in [1.29, 1.82) is 0 Å². The van der Waals surface area contributed by atoms with Gasteiger partial charge in [-0.1, -0.05) is 6.07 Å². The van der Waals surface area contributed by atoms with Crippen LogP contribution < -0.4 is 5.32 Å². The molecule has 2 nitrogen and oxygen atoms in total. The van der Waals surface area contributed by atoms with Gasteiger partial charge in [-0.3, -0.25) is 0 Å². The molecule has 0 radical (unpaired) electrons. The molecule has 2 heterocycles. The molecule has 4 heteroatoms. The molecule has 1 N–H and O–H groups in total. The lowest BCUT2D eigenvalue weighted by Crippen LogP contribution is -2.15. The van der Waals surface area contributed by atoms with Crippen molar-refractivity contribution in [1.82, 2.24) is 5.32 Å². The third kappa shape index (κ3) is 3.74. The summed E-state index contributed by atoms with van der Waals surface area (Å²) < 4.78 is 6.60. The molecule has 15 heavy (non-hydrogen) atoms. The minimum atomic E-state index is 0.817. The van der Waals surface area contributed by atoms with Gasteiger partial charge in [0, 0.05) is 12.3 Å². The highest BCUT2D eigenvalue weighted by Gasteiger charge is 1.96. The zero-order valence-corrected chi connectivity index (χ0v) is 9.94. The topological polar surface area (TPSA) is 25.2 Å². The number of thiophene rings is 1. The zero-order chi connectivity index (χ0) is 10.3. The lowest BCUT2D eigenvalue weighted by molar-refractivity contribution is 0.488. The number of nitrogens with one attached hydrogen (secondary N) is 1. The molecule has 0 saturated heterocycles. The van der Waals surface area contributed by atoms with Crippen LogP contribution in [0.15, 0.2) is 44.5 Å². The number of hydrogen-bond acceptors (Lipinski definition) is 4. The van der Waals surface area contributed by atoms with E-state index >= 15 is 0 Å². The number of thioether (sulfide) groups is 1. The lowest BCUT2D eigenvalue weighted by Gasteiger charge is -2.01. The Labute approximate surface area is 97.7 Å². The standard InChI is InChI=1S/C11H13NOS2/c1-3-10(13-6-1)9-12-5-8-15-11-4-2-7-14-11/h1-4,6-7,12H,5,8-9H2. The Kier molecular flexibility index (Phi) is 4.32. The van der Waals surface area contributed by atoms with Crippen molar-refractivity contribution in [3.05, 3.63) is 41.7 Å². The maximum Gasteiger partial charge on any atom is 0.117 e. The summed E-state index contributed by atoms with van der Waals surface area (Å²) in [6, 6.07) is 8.14. The molecule has 0 spiro atoms. The van der Waals surface area contributed by atoms with Gasteiger partial charge in [0.1, 0.15) is 5.76 Å². The summed E-state index contributed by atoms with van der Waals surface area (Å²) in [5.41, 5.74) is 0. The molecule has 2 rings (SSSR count).